The van der Waals surface area contributed by atoms with Gasteiger partial charge in [-0.2, -0.15) is 0 Å². The number of benzene rings is 2. The number of hydrogen-bond acceptors (Lipinski definition) is 2. The highest BCUT2D eigenvalue weighted by Crippen LogP contribution is 2.33. The summed E-state index contributed by atoms with van der Waals surface area (Å²) in [5.74, 6) is 0.642. The minimum absolute atomic E-state index is 0.642. The van der Waals surface area contributed by atoms with Crippen LogP contribution in [-0.2, 0) is 6.54 Å². The van der Waals surface area contributed by atoms with Crippen molar-refractivity contribution in [2.45, 2.75) is 18.9 Å². The van der Waals surface area contributed by atoms with Gasteiger partial charge in [0.25, 0.3) is 0 Å². The van der Waals surface area contributed by atoms with Crippen molar-refractivity contribution in [1.29, 1.82) is 0 Å². The monoisotopic (exact) mass is 344 g/mol. The van der Waals surface area contributed by atoms with Gasteiger partial charge in [0.05, 0.1) is 0 Å². The van der Waals surface area contributed by atoms with Crippen LogP contribution >= 0.6 is 15.9 Å². The molecule has 0 bridgehead atoms. The first-order valence-corrected chi connectivity index (χ1v) is 8.28. The number of hydrogen-bond donors (Lipinski definition) is 1. The van der Waals surface area contributed by atoms with E-state index < -0.39 is 0 Å². The van der Waals surface area contributed by atoms with Crippen molar-refractivity contribution in [1.82, 2.24) is 4.90 Å². The van der Waals surface area contributed by atoms with Crippen molar-refractivity contribution in [3.63, 3.8) is 0 Å². The van der Waals surface area contributed by atoms with Crippen LogP contribution in [0.2, 0.25) is 0 Å². The molecule has 0 spiro atoms. The Balaban J connectivity index is 1.55. The van der Waals surface area contributed by atoms with E-state index in [4.69, 9.17) is 0 Å². The largest absolute Gasteiger partial charge is 0.384 e. The van der Waals surface area contributed by atoms with Crippen LogP contribution in [0.1, 0.15) is 23.5 Å². The lowest BCUT2D eigenvalue weighted by Gasteiger charge is -2.20. The van der Waals surface area contributed by atoms with Gasteiger partial charge in [-0.15, -0.1) is 0 Å². The van der Waals surface area contributed by atoms with Gasteiger partial charge in [0.1, 0.15) is 0 Å². The van der Waals surface area contributed by atoms with Crippen LogP contribution in [0.5, 0.6) is 0 Å². The fraction of sp³-hybridized carbons (Fsp3) is 0.333. The Morgan fingerprint density at radius 2 is 1.90 bits per heavy atom. The van der Waals surface area contributed by atoms with E-state index in [2.05, 4.69) is 81.7 Å². The number of anilines is 1. The lowest BCUT2D eigenvalue weighted by atomic mass is 9.98. The van der Waals surface area contributed by atoms with Gasteiger partial charge in [0.15, 0.2) is 0 Å². The van der Waals surface area contributed by atoms with Crippen molar-refractivity contribution in [2.75, 3.05) is 25.5 Å². The summed E-state index contributed by atoms with van der Waals surface area (Å²) >= 11 is 3.63. The van der Waals surface area contributed by atoms with Gasteiger partial charge in [-0.05, 0) is 43.3 Å². The van der Waals surface area contributed by atoms with E-state index in [0.717, 1.165) is 19.6 Å². The Morgan fingerprint density at radius 1 is 1.14 bits per heavy atom. The van der Waals surface area contributed by atoms with Crippen molar-refractivity contribution >= 4 is 21.6 Å². The Bertz CT molecular complexity index is 612. The Hall–Kier alpha value is -1.32. The zero-order chi connectivity index (χ0) is 14.7. The van der Waals surface area contributed by atoms with Crippen molar-refractivity contribution < 1.29 is 0 Å². The normalized spacial score (nSPS) is 16.8. The molecule has 110 valence electrons. The van der Waals surface area contributed by atoms with Crippen LogP contribution in [0.3, 0.4) is 0 Å². The molecule has 0 saturated carbocycles. The summed E-state index contributed by atoms with van der Waals surface area (Å²) < 4.78 is 1.20. The minimum Gasteiger partial charge on any atom is -0.384 e. The fourth-order valence-electron chi connectivity index (χ4n) is 2.99. The van der Waals surface area contributed by atoms with Gasteiger partial charge in [-0.25, -0.2) is 0 Å². The standard InChI is InChI=1S/C18H21BrN2/c1-21(13-15-6-2-4-8-17(15)19)11-10-14-12-20-18-9-5-3-7-16(14)18/h2-9,14,20H,10-13H2,1H3. The summed E-state index contributed by atoms with van der Waals surface area (Å²) in [5.41, 5.74) is 4.15. The molecule has 2 aromatic carbocycles. The maximum atomic E-state index is 3.63. The molecule has 21 heavy (non-hydrogen) atoms. The molecule has 0 aromatic heterocycles. The summed E-state index contributed by atoms with van der Waals surface area (Å²) in [6.45, 7) is 3.17. The molecule has 1 aliphatic rings. The molecule has 0 radical (unpaired) electrons. The third kappa shape index (κ3) is 3.47. The number of halogens is 1. The zero-order valence-corrected chi connectivity index (χ0v) is 13.9. The van der Waals surface area contributed by atoms with Gasteiger partial charge in [-0.3, -0.25) is 0 Å². The van der Waals surface area contributed by atoms with Gasteiger partial charge >= 0.3 is 0 Å². The highest BCUT2D eigenvalue weighted by Gasteiger charge is 2.21. The number of nitrogens with one attached hydrogen (secondary N) is 1. The molecule has 0 saturated heterocycles. The van der Waals surface area contributed by atoms with Crippen molar-refractivity contribution in [3.8, 4) is 0 Å². The highest BCUT2D eigenvalue weighted by molar-refractivity contribution is 9.10. The number of para-hydroxylation sites is 1. The molecule has 3 rings (SSSR count). The molecule has 0 fully saturated rings. The maximum absolute atomic E-state index is 3.63. The SMILES string of the molecule is CN(CCC1CNc2ccccc21)Cc1ccccc1Br. The molecule has 2 nitrogen and oxygen atoms in total. The summed E-state index contributed by atoms with van der Waals surface area (Å²) in [7, 11) is 2.20. The first kappa shape index (κ1) is 14.6. The lowest BCUT2D eigenvalue weighted by Crippen LogP contribution is -2.21. The van der Waals surface area contributed by atoms with E-state index in [0.29, 0.717) is 5.92 Å². The van der Waals surface area contributed by atoms with E-state index in [1.807, 2.05) is 0 Å². The van der Waals surface area contributed by atoms with Crippen LogP contribution in [0.15, 0.2) is 53.0 Å². The van der Waals surface area contributed by atoms with E-state index in [9.17, 15) is 0 Å². The second-order valence-corrected chi connectivity index (χ2v) is 6.64. The molecule has 1 atom stereocenters. The molecule has 1 unspecified atom stereocenters. The topological polar surface area (TPSA) is 15.3 Å². The minimum atomic E-state index is 0.642. The first-order chi connectivity index (χ1) is 10.2. The van der Waals surface area contributed by atoms with E-state index in [1.54, 1.807) is 0 Å². The lowest BCUT2D eigenvalue weighted by molar-refractivity contribution is 0.313. The molecular weight excluding hydrogens is 324 g/mol. The second kappa shape index (κ2) is 6.63. The summed E-state index contributed by atoms with van der Waals surface area (Å²) in [4.78, 5) is 2.40. The Labute approximate surface area is 135 Å². The van der Waals surface area contributed by atoms with Crippen molar-refractivity contribution in [2.24, 2.45) is 0 Å². The van der Waals surface area contributed by atoms with Crippen LogP contribution in [0.4, 0.5) is 5.69 Å². The fourth-order valence-corrected chi connectivity index (χ4v) is 3.40. The second-order valence-electron chi connectivity index (χ2n) is 5.78. The number of fused-ring (bicyclic) bond motifs is 1. The average molecular weight is 345 g/mol. The van der Waals surface area contributed by atoms with Crippen LogP contribution < -0.4 is 5.32 Å². The van der Waals surface area contributed by atoms with Gasteiger partial charge in [0.2, 0.25) is 0 Å². The molecule has 0 amide bonds. The van der Waals surface area contributed by atoms with E-state index >= 15 is 0 Å². The molecule has 1 aliphatic heterocycles. The molecular formula is C18H21BrN2. The number of rotatable bonds is 5. The maximum Gasteiger partial charge on any atom is 0.0376 e. The summed E-state index contributed by atoms with van der Waals surface area (Å²) in [6, 6.07) is 17.2. The Morgan fingerprint density at radius 3 is 2.76 bits per heavy atom. The molecule has 0 aliphatic carbocycles. The van der Waals surface area contributed by atoms with E-state index in [-0.39, 0.29) is 0 Å². The molecule has 1 N–H and O–H groups in total. The van der Waals surface area contributed by atoms with Crippen LogP contribution in [-0.4, -0.2) is 25.0 Å². The van der Waals surface area contributed by atoms with Gasteiger partial charge in [-0.1, -0.05) is 52.3 Å². The van der Waals surface area contributed by atoms with Crippen molar-refractivity contribution in [3.05, 3.63) is 64.1 Å². The molecule has 1 heterocycles. The predicted molar refractivity (Wildman–Crippen MR) is 92.8 cm³/mol. The van der Waals surface area contributed by atoms with Crippen LogP contribution in [0.25, 0.3) is 0 Å². The highest BCUT2D eigenvalue weighted by atomic mass is 79.9. The third-order valence-electron chi connectivity index (χ3n) is 4.20. The summed E-state index contributed by atoms with van der Waals surface area (Å²) in [6.07, 6.45) is 1.20. The number of nitrogens with zero attached hydrogens (tertiary/aromatic N) is 1. The smallest absolute Gasteiger partial charge is 0.0376 e. The van der Waals surface area contributed by atoms with Gasteiger partial charge < -0.3 is 10.2 Å². The zero-order valence-electron chi connectivity index (χ0n) is 12.3. The first-order valence-electron chi connectivity index (χ1n) is 7.49. The quantitative estimate of drug-likeness (QED) is 0.860. The average Bonchev–Trinajstić information content (AvgIpc) is 2.91. The Kier molecular flexibility index (Phi) is 4.61. The summed E-state index contributed by atoms with van der Waals surface area (Å²) in [5, 5.41) is 3.51. The molecule has 3 heteroatoms. The predicted octanol–water partition coefficient (Wildman–Crippen LogP) is 4.48. The van der Waals surface area contributed by atoms with Crippen LogP contribution in [0, 0.1) is 0 Å². The third-order valence-corrected chi connectivity index (χ3v) is 4.97. The van der Waals surface area contributed by atoms with Gasteiger partial charge in [0, 0.05) is 29.2 Å². The molecule has 2 aromatic rings. The van der Waals surface area contributed by atoms with E-state index in [1.165, 1.54) is 27.7 Å².